The van der Waals surface area contributed by atoms with Crippen LogP contribution in [0.3, 0.4) is 0 Å². The highest BCUT2D eigenvalue weighted by Gasteiger charge is 2.25. The summed E-state index contributed by atoms with van der Waals surface area (Å²) in [4.78, 5) is 12.5. The Kier molecular flexibility index (Phi) is 8.71. The van der Waals surface area contributed by atoms with Crippen molar-refractivity contribution in [3.8, 4) is 23.3 Å². The van der Waals surface area contributed by atoms with Gasteiger partial charge in [0.25, 0.3) is 0 Å². The average molecular weight is 401 g/mol. The van der Waals surface area contributed by atoms with Crippen LogP contribution in [0, 0.1) is 17.8 Å². The van der Waals surface area contributed by atoms with Gasteiger partial charge in [-0.2, -0.15) is 0 Å². The summed E-state index contributed by atoms with van der Waals surface area (Å²) in [5.74, 6) is 6.43. The van der Waals surface area contributed by atoms with Crippen molar-refractivity contribution in [3.05, 3.63) is 59.1 Å². The second-order valence-electron chi connectivity index (χ2n) is 6.40. The van der Waals surface area contributed by atoms with E-state index in [1.807, 2.05) is 57.2 Å². The molecule has 0 radical (unpaired) electrons. The molecule has 0 aliphatic rings. The summed E-state index contributed by atoms with van der Waals surface area (Å²) in [5, 5.41) is 0.533. The predicted octanol–water partition coefficient (Wildman–Crippen LogP) is 5.10. The highest BCUT2D eigenvalue weighted by Crippen LogP contribution is 2.27. The second kappa shape index (κ2) is 11.3. The number of benzene rings is 2. The Hall–Kier alpha value is -2.64. The molecule has 2 rings (SSSR count). The molecule has 28 heavy (non-hydrogen) atoms. The van der Waals surface area contributed by atoms with Crippen molar-refractivity contribution in [1.82, 2.24) is 0 Å². The van der Waals surface area contributed by atoms with E-state index >= 15 is 0 Å². The third-order valence-corrected chi connectivity index (χ3v) is 4.33. The smallest absolute Gasteiger partial charge is 0.314 e. The number of hydrogen-bond acceptors (Lipinski definition) is 4. The first kappa shape index (κ1) is 21.7. The minimum atomic E-state index is -0.350. The van der Waals surface area contributed by atoms with Crippen molar-refractivity contribution in [3.63, 3.8) is 0 Å². The first-order chi connectivity index (χ1) is 13.5. The number of esters is 1. The molecule has 0 aliphatic carbocycles. The molecule has 0 fully saturated rings. The van der Waals surface area contributed by atoms with E-state index in [1.54, 1.807) is 12.1 Å². The number of rotatable bonds is 8. The SMILES string of the molecule is CCOc1ccc(C(C(=O)OCC#CCOc2ccccc2Cl)C(C)C)cc1. The van der Waals surface area contributed by atoms with E-state index in [9.17, 15) is 4.79 Å². The summed E-state index contributed by atoms with van der Waals surface area (Å²) < 4.78 is 16.3. The van der Waals surface area contributed by atoms with Crippen LogP contribution in [0.5, 0.6) is 11.5 Å². The van der Waals surface area contributed by atoms with E-state index in [1.165, 1.54) is 0 Å². The zero-order chi connectivity index (χ0) is 20.4. The number of hydrogen-bond donors (Lipinski definition) is 0. The minimum Gasteiger partial charge on any atom is -0.494 e. The lowest BCUT2D eigenvalue weighted by Gasteiger charge is -2.19. The van der Waals surface area contributed by atoms with Gasteiger partial charge in [-0.05, 0) is 42.7 Å². The Morgan fingerprint density at radius 2 is 1.68 bits per heavy atom. The molecule has 2 aromatic rings. The molecule has 5 heteroatoms. The van der Waals surface area contributed by atoms with Crippen molar-refractivity contribution in [2.24, 2.45) is 5.92 Å². The fourth-order valence-corrected chi connectivity index (χ4v) is 2.90. The third-order valence-electron chi connectivity index (χ3n) is 4.02. The summed E-state index contributed by atoms with van der Waals surface area (Å²) in [6.45, 7) is 6.71. The van der Waals surface area contributed by atoms with Crippen molar-refractivity contribution in [1.29, 1.82) is 0 Å². The Bertz CT molecular complexity index is 818. The molecule has 0 saturated carbocycles. The van der Waals surface area contributed by atoms with Gasteiger partial charge < -0.3 is 14.2 Å². The summed E-state index contributed by atoms with van der Waals surface area (Å²) in [7, 11) is 0. The molecule has 0 aromatic heterocycles. The Labute approximate surface area is 171 Å². The van der Waals surface area contributed by atoms with Gasteiger partial charge in [0, 0.05) is 0 Å². The molecule has 0 heterocycles. The van der Waals surface area contributed by atoms with Crippen LogP contribution in [-0.2, 0) is 9.53 Å². The minimum absolute atomic E-state index is 0.0188. The van der Waals surface area contributed by atoms with Gasteiger partial charge >= 0.3 is 5.97 Å². The molecule has 0 bridgehead atoms. The van der Waals surface area contributed by atoms with Crippen molar-refractivity contribution in [2.45, 2.75) is 26.7 Å². The molecule has 0 spiro atoms. The van der Waals surface area contributed by atoms with Gasteiger partial charge in [-0.15, -0.1) is 0 Å². The van der Waals surface area contributed by atoms with E-state index in [-0.39, 0.29) is 31.0 Å². The number of carbonyl (C=O) groups is 1. The Morgan fingerprint density at radius 1 is 1.00 bits per heavy atom. The fourth-order valence-electron chi connectivity index (χ4n) is 2.71. The first-order valence-electron chi connectivity index (χ1n) is 9.25. The van der Waals surface area contributed by atoms with E-state index in [2.05, 4.69) is 11.8 Å². The van der Waals surface area contributed by atoms with Gasteiger partial charge in [-0.3, -0.25) is 4.79 Å². The van der Waals surface area contributed by atoms with Crippen molar-refractivity contribution >= 4 is 17.6 Å². The number of para-hydroxylation sites is 1. The molecule has 1 atom stereocenters. The molecule has 148 valence electrons. The lowest BCUT2D eigenvalue weighted by molar-refractivity contribution is -0.145. The summed E-state index contributed by atoms with van der Waals surface area (Å²) in [6, 6.07) is 14.7. The summed E-state index contributed by atoms with van der Waals surface area (Å²) in [6.07, 6.45) is 0. The van der Waals surface area contributed by atoms with Crippen LogP contribution < -0.4 is 9.47 Å². The predicted molar refractivity (Wildman–Crippen MR) is 111 cm³/mol. The largest absolute Gasteiger partial charge is 0.494 e. The molecule has 0 amide bonds. The Morgan fingerprint density at radius 3 is 2.32 bits per heavy atom. The number of ether oxygens (including phenoxy) is 3. The van der Waals surface area contributed by atoms with Gasteiger partial charge in [-0.1, -0.05) is 61.6 Å². The topological polar surface area (TPSA) is 44.8 Å². The molecule has 0 aliphatic heterocycles. The molecule has 2 aromatic carbocycles. The van der Waals surface area contributed by atoms with E-state index in [0.29, 0.717) is 17.4 Å². The molecular formula is C23H25ClO4. The monoisotopic (exact) mass is 400 g/mol. The maximum atomic E-state index is 12.5. The van der Waals surface area contributed by atoms with Crippen LogP contribution in [0.15, 0.2) is 48.5 Å². The van der Waals surface area contributed by atoms with Crippen LogP contribution in [-0.4, -0.2) is 25.8 Å². The van der Waals surface area contributed by atoms with Gasteiger partial charge in [0.1, 0.15) is 18.1 Å². The highest BCUT2D eigenvalue weighted by atomic mass is 35.5. The normalized spacial score (nSPS) is 11.3. The first-order valence-corrected chi connectivity index (χ1v) is 9.63. The Balaban J connectivity index is 1.86. The lowest BCUT2D eigenvalue weighted by Crippen LogP contribution is -2.21. The summed E-state index contributed by atoms with van der Waals surface area (Å²) >= 11 is 6.01. The molecule has 4 nitrogen and oxygen atoms in total. The molecule has 1 unspecified atom stereocenters. The third kappa shape index (κ3) is 6.51. The summed E-state index contributed by atoms with van der Waals surface area (Å²) in [5.41, 5.74) is 0.901. The van der Waals surface area contributed by atoms with Gasteiger partial charge in [0.2, 0.25) is 0 Å². The van der Waals surface area contributed by atoms with Gasteiger partial charge in [0.15, 0.2) is 6.61 Å². The van der Waals surface area contributed by atoms with Crippen LogP contribution in [0.4, 0.5) is 0 Å². The van der Waals surface area contributed by atoms with Crippen LogP contribution in [0.1, 0.15) is 32.3 Å². The molecule has 0 saturated heterocycles. The number of carbonyl (C=O) groups excluding carboxylic acids is 1. The highest BCUT2D eigenvalue weighted by molar-refractivity contribution is 6.32. The second-order valence-corrected chi connectivity index (χ2v) is 6.81. The quantitative estimate of drug-likeness (QED) is 0.456. The van der Waals surface area contributed by atoms with Crippen molar-refractivity contribution < 1.29 is 19.0 Å². The van der Waals surface area contributed by atoms with Crippen LogP contribution in [0.25, 0.3) is 0 Å². The standard InChI is InChI=1S/C23H25ClO4/c1-4-26-19-13-11-18(12-14-19)22(17(2)3)23(25)28-16-8-7-15-27-21-10-6-5-9-20(21)24/h5-6,9-14,17,22H,4,15-16H2,1-3H3. The molecular weight excluding hydrogens is 376 g/mol. The zero-order valence-electron chi connectivity index (χ0n) is 16.4. The molecule has 0 N–H and O–H groups in total. The van der Waals surface area contributed by atoms with Crippen molar-refractivity contribution in [2.75, 3.05) is 19.8 Å². The van der Waals surface area contributed by atoms with Crippen LogP contribution in [0.2, 0.25) is 5.02 Å². The maximum Gasteiger partial charge on any atom is 0.314 e. The fraction of sp³-hybridized carbons (Fsp3) is 0.348. The zero-order valence-corrected chi connectivity index (χ0v) is 17.2. The van der Waals surface area contributed by atoms with E-state index in [0.717, 1.165) is 11.3 Å². The average Bonchev–Trinajstić information content (AvgIpc) is 2.67. The lowest BCUT2D eigenvalue weighted by atomic mass is 9.88. The van der Waals surface area contributed by atoms with E-state index in [4.69, 9.17) is 25.8 Å². The van der Waals surface area contributed by atoms with Crippen LogP contribution >= 0.6 is 11.6 Å². The van der Waals surface area contributed by atoms with Gasteiger partial charge in [0.05, 0.1) is 17.5 Å². The van der Waals surface area contributed by atoms with Gasteiger partial charge in [-0.25, -0.2) is 0 Å². The maximum absolute atomic E-state index is 12.5. The van der Waals surface area contributed by atoms with E-state index < -0.39 is 0 Å². The number of halogens is 1.